The zero-order valence-electron chi connectivity index (χ0n) is 19.9. The van der Waals surface area contributed by atoms with E-state index in [1.807, 2.05) is 36.4 Å². The summed E-state index contributed by atoms with van der Waals surface area (Å²) in [6.07, 6.45) is -0.972. The van der Waals surface area contributed by atoms with Crippen LogP contribution < -0.4 is 5.32 Å². The lowest BCUT2D eigenvalue weighted by Gasteiger charge is -2.49. The third kappa shape index (κ3) is 7.52. The molecule has 2 unspecified atom stereocenters. The molecule has 1 amide bonds. The van der Waals surface area contributed by atoms with Crippen LogP contribution in [0.2, 0.25) is 0 Å². The van der Waals surface area contributed by atoms with Crippen LogP contribution in [0.25, 0.3) is 11.3 Å². The minimum Gasteiger partial charge on any atom is -0.475 e. The lowest BCUT2D eigenvalue weighted by molar-refractivity contribution is -0.192. The molecule has 198 valence electrons. The third-order valence-electron chi connectivity index (χ3n) is 6.12. The summed E-state index contributed by atoms with van der Waals surface area (Å²) in [5, 5.41) is 14.5. The maximum absolute atomic E-state index is 12.1. The summed E-state index contributed by atoms with van der Waals surface area (Å²) >= 11 is 0. The van der Waals surface area contributed by atoms with E-state index in [1.54, 1.807) is 0 Å². The van der Waals surface area contributed by atoms with Crippen LogP contribution in [0.15, 0.2) is 40.9 Å². The second-order valence-corrected chi connectivity index (χ2v) is 8.77. The average molecular weight is 514 g/mol. The summed E-state index contributed by atoms with van der Waals surface area (Å²) in [5.41, 5.74) is 1.60. The first-order chi connectivity index (χ1) is 17.1. The number of halogens is 3. The van der Waals surface area contributed by atoms with E-state index in [0.717, 1.165) is 55.8 Å². The summed E-state index contributed by atoms with van der Waals surface area (Å²) in [6.45, 7) is 3.06. The number of aliphatic carboxylic acids is 1. The molecule has 12 heteroatoms. The number of carbonyl (C=O) groups is 2. The monoisotopic (exact) mass is 513 g/mol. The van der Waals surface area contributed by atoms with Crippen LogP contribution in [0.4, 0.5) is 13.2 Å². The number of benzene rings is 1. The molecule has 2 atom stereocenters. The van der Waals surface area contributed by atoms with Gasteiger partial charge in [-0.1, -0.05) is 48.3 Å². The molecule has 0 radical (unpaired) electrons. The largest absolute Gasteiger partial charge is 0.490 e. The van der Waals surface area contributed by atoms with E-state index in [4.69, 9.17) is 23.9 Å². The van der Waals surface area contributed by atoms with Gasteiger partial charge in [0.25, 0.3) is 0 Å². The van der Waals surface area contributed by atoms with Crippen LogP contribution in [0.5, 0.6) is 0 Å². The Morgan fingerprint density at radius 2 is 2.00 bits per heavy atom. The van der Waals surface area contributed by atoms with Crippen LogP contribution >= 0.6 is 0 Å². The maximum atomic E-state index is 12.1. The molecule has 1 saturated heterocycles. The highest BCUT2D eigenvalue weighted by Crippen LogP contribution is 2.35. The number of hydrogen-bond acceptors (Lipinski definition) is 7. The van der Waals surface area contributed by atoms with Crippen molar-refractivity contribution in [3.05, 3.63) is 42.1 Å². The first-order valence-corrected chi connectivity index (χ1v) is 11.6. The lowest BCUT2D eigenvalue weighted by atomic mass is 9.78. The van der Waals surface area contributed by atoms with Gasteiger partial charge in [-0.05, 0) is 12.8 Å². The fourth-order valence-electron chi connectivity index (χ4n) is 4.51. The molecule has 36 heavy (non-hydrogen) atoms. The highest BCUT2D eigenvalue weighted by Gasteiger charge is 2.46. The van der Waals surface area contributed by atoms with E-state index < -0.39 is 12.1 Å². The summed E-state index contributed by atoms with van der Waals surface area (Å²) in [7, 11) is 1.54. The van der Waals surface area contributed by atoms with Gasteiger partial charge >= 0.3 is 12.1 Å². The number of rotatable bonds is 6. The molecule has 9 nitrogen and oxygen atoms in total. The normalized spacial score (nSPS) is 22.5. The molecule has 2 N–H and O–H groups in total. The van der Waals surface area contributed by atoms with Crippen LogP contribution in [0.1, 0.15) is 31.4 Å². The molecular weight excluding hydrogens is 483 g/mol. The van der Waals surface area contributed by atoms with Gasteiger partial charge in [0.15, 0.2) is 5.76 Å². The van der Waals surface area contributed by atoms with Gasteiger partial charge in [-0.25, -0.2) is 4.79 Å². The minimum absolute atomic E-state index is 0.0129. The number of alkyl halides is 3. The number of nitrogens with one attached hydrogen (secondary N) is 1. The topological polar surface area (TPSA) is 114 Å². The van der Waals surface area contributed by atoms with E-state index in [9.17, 15) is 18.0 Å². The van der Waals surface area contributed by atoms with Gasteiger partial charge in [-0.15, -0.1) is 0 Å². The molecule has 2 aromatic rings. The van der Waals surface area contributed by atoms with Crippen molar-refractivity contribution in [1.29, 1.82) is 0 Å². The number of carbonyl (C=O) groups excluding carboxylic acids is 1. The number of methoxy groups -OCH3 is 1. The summed E-state index contributed by atoms with van der Waals surface area (Å²) in [5.74, 6) is -2.05. The van der Waals surface area contributed by atoms with Crippen molar-refractivity contribution in [2.45, 2.75) is 50.0 Å². The Morgan fingerprint density at radius 3 is 2.67 bits per heavy atom. The molecule has 1 aliphatic carbocycles. The van der Waals surface area contributed by atoms with Crippen molar-refractivity contribution in [2.24, 2.45) is 0 Å². The quantitative estimate of drug-likeness (QED) is 0.605. The smallest absolute Gasteiger partial charge is 0.475 e. The van der Waals surface area contributed by atoms with E-state index in [1.165, 1.54) is 7.11 Å². The first-order valence-electron chi connectivity index (χ1n) is 11.6. The summed E-state index contributed by atoms with van der Waals surface area (Å²) in [4.78, 5) is 23.4. The van der Waals surface area contributed by atoms with E-state index in [-0.39, 0.29) is 24.2 Å². The predicted octanol–water partition coefficient (Wildman–Crippen LogP) is 3.25. The Bertz CT molecular complexity index is 996. The SMILES string of the molecule is COCC(=O)NC1CCCCC12CN(Cc1cc(-c3ccccc3)on1)CCO2.O=C(O)C(F)(F)F. The van der Waals surface area contributed by atoms with E-state index in [2.05, 4.69) is 15.4 Å². The van der Waals surface area contributed by atoms with Crippen molar-refractivity contribution in [1.82, 2.24) is 15.4 Å². The van der Waals surface area contributed by atoms with Crippen LogP contribution in [0, 0.1) is 0 Å². The van der Waals surface area contributed by atoms with Crippen LogP contribution in [0.3, 0.4) is 0 Å². The van der Waals surface area contributed by atoms with Gasteiger partial charge < -0.3 is 24.4 Å². The molecule has 1 aromatic heterocycles. The zero-order valence-corrected chi connectivity index (χ0v) is 19.9. The standard InChI is InChI=1S/C22H29N3O4.C2HF3O2/c1-27-15-21(26)23-20-9-5-6-10-22(20)16-25(11-12-28-22)14-18-13-19(29-24-18)17-7-3-2-4-8-17;3-2(4,5)1(6)7/h2-4,7-8,13,20H,5-6,9-12,14-16H2,1H3,(H,23,26);(H,6,7). The van der Waals surface area contributed by atoms with Gasteiger partial charge in [0, 0.05) is 38.4 Å². The summed E-state index contributed by atoms with van der Waals surface area (Å²) < 4.78 is 48.6. The molecule has 2 aliphatic rings. The number of aromatic nitrogens is 1. The van der Waals surface area contributed by atoms with Gasteiger partial charge in [-0.2, -0.15) is 13.2 Å². The minimum atomic E-state index is -5.08. The number of amides is 1. The van der Waals surface area contributed by atoms with Gasteiger partial charge in [0.2, 0.25) is 5.91 Å². The molecular formula is C24H30F3N3O6. The number of carboxylic acids is 1. The fourth-order valence-corrected chi connectivity index (χ4v) is 4.51. The fraction of sp³-hybridized carbons (Fsp3) is 0.542. The van der Waals surface area contributed by atoms with E-state index in [0.29, 0.717) is 13.2 Å². The Hall–Kier alpha value is -2.96. The molecule has 1 aromatic carbocycles. The highest BCUT2D eigenvalue weighted by molar-refractivity contribution is 5.77. The van der Waals surface area contributed by atoms with Gasteiger partial charge in [0.1, 0.15) is 12.2 Å². The van der Waals surface area contributed by atoms with Gasteiger partial charge in [0.05, 0.1) is 18.3 Å². The molecule has 2 fully saturated rings. The third-order valence-corrected chi connectivity index (χ3v) is 6.12. The lowest BCUT2D eigenvalue weighted by Crippen LogP contribution is -2.64. The van der Waals surface area contributed by atoms with Crippen LogP contribution in [-0.2, 0) is 25.6 Å². The number of hydrogen-bond donors (Lipinski definition) is 2. The molecule has 4 rings (SSSR count). The van der Waals surface area contributed by atoms with Gasteiger partial charge in [-0.3, -0.25) is 9.69 Å². The molecule has 0 bridgehead atoms. The van der Waals surface area contributed by atoms with Crippen molar-refractivity contribution in [3.8, 4) is 11.3 Å². The summed E-state index contributed by atoms with van der Waals surface area (Å²) in [6, 6.07) is 12.0. The Kier molecular flexibility index (Phi) is 9.46. The zero-order chi connectivity index (χ0) is 26.2. The number of nitrogens with zero attached hydrogens (tertiary/aromatic N) is 2. The maximum Gasteiger partial charge on any atom is 0.490 e. The van der Waals surface area contributed by atoms with Crippen LogP contribution in [-0.4, -0.2) is 78.3 Å². The van der Waals surface area contributed by atoms with Crippen molar-refractivity contribution in [3.63, 3.8) is 0 Å². The van der Waals surface area contributed by atoms with E-state index >= 15 is 0 Å². The average Bonchev–Trinajstić information content (AvgIpc) is 3.30. The first kappa shape index (κ1) is 27.6. The van der Waals surface area contributed by atoms with Crippen molar-refractivity contribution < 1.29 is 41.9 Å². The Morgan fingerprint density at radius 1 is 1.28 bits per heavy atom. The molecule has 2 heterocycles. The number of ether oxygens (including phenoxy) is 2. The number of morpholine rings is 1. The highest BCUT2D eigenvalue weighted by atomic mass is 19.4. The Labute approximate surface area is 206 Å². The predicted molar refractivity (Wildman–Crippen MR) is 122 cm³/mol. The second kappa shape index (κ2) is 12.3. The number of carboxylic acid groups (broad SMARTS) is 1. The molecule has 1 aliphatic heterocycles. The molecule has 1 spiro atoms. The van der Waals surface area contributed by atoms with Crippen molar-refractivity contribution in [2.75, 3.05) is 33.4 Å². The van der Waals surface area contributed by atoms with Crippen molar-refractivity contribution >= 4 is 11.9 Å². The Balaban J connectivity index is 0.000000454. The molecule has 1 saturated carbocycles. The second-order valence-electron chi connectivity index (χ2n) is 8.77.